The average molecular weight is 314 g/mol. The predicted octanol–water partition coefficient (Wildman–Crippen LogP) is 2.24. The number of aromatic nitrogens is 1. The van der Waals surface area contributed by atoms with Crippen LogP contribution in [0.25, 0.3) is 10.9 Å². The van der Waals surface area contributed by atoms with E-state index >= 15 is 0 Å². The Hall–Kier alpha value is -1.37. The quantitative estimate of drug-likeness (QED) is 0.802. The van der Waals surface area contributed by atoms with Crippen LogP contribution in [0.15, 0.2) is 30.5 Å². The second kappa shape index (κ2) is 6.39. The zero-order chi connectivity index (χ0) is 14.6. The van der Waals surface area contributed by atoms with Crippen molar-refractivity contribution >= 4 is 38.2 Å². The summed E-state index contributed by atoms with van der Waals surface area (Å²) < 4.78 is 26.6. The summed E-state index contributed by atoms with van der Waals surface area (Å²) in [6.07, 6.45) is 2.16. The van der Waals surface area contributed by atoms with Gasteiger partial charge in [-0.05, 0) is 44.3 Å². The van der Waals surface area contributed by atoms with E-state index in [-0.39, 0.29) is 5.75 Å². The van der Waals surface area contributed by atoms with Crippen LogP contribution < -0.4 is 10.0 Å². The van der Waals surface area contributed by atoms with Gasteiger partial charge in [-0.25, -0.2) is 8.42 Å². The molecule has 0 amide bonds. The highest BCUT2D eigenvalue weighted by Gasteiger charge is 2.13. The van der Waals surface area contributed by atoms with E-state index in [0.717, 1.165) is 5.39 Å². The Bertz CT molecular complexity index is 704. The number of sulfonamides is 1. The lowest BCUT2D eigenvalue weighted by atomic mass is 10.2. The van der Waals surface area contributed by atoms with E-state index in [1.807, 2.05) is 6.07 Å². The molecule has 0 atom stereocenters. The molecular formula is C13H16ClN3O2S. The highest BCUT2D eigenvalue weighted by molar-refractivity contribution is 7.92. The number of anilines is 1. The van der Waals surface area contributed by atoms with Crippen LogP contribution in [-0.2, 0) is 10.0 Å². The molecule has 0 radical (unpaired) electrons. The first-order valence-electron chi connectivity index (χ1n) is 6.22. The number of halogens is 1. The fraction of sp³-hybridized carbons (Fsp3) is 0.308. The number of rotatable bonds is 6. The summed E-state index contributed by atoms with van der Waals surface area (Å²) >= 11 is 6.08. The van der Waals surface area contributed by atoms with Crippen LogP contribution in [0.5, 0.6) is 0 Å². The third-order valence-corrected chi connectivity index (χ3v) is 4.51. The minimum atomic E-state index is -3.38. The standard InChI is InChI=1S/C13H16ClN3O2S/c1-15-7-3-9-20(18,19)17-12-6-5-11(14)10-4-2-8-16-13(10)12/h2,4-6,8,15,17H,3,7,9H2,1H3. The zero-order valence-electron chi connectivity index (χ0n) is 11.1. The van der Waals surface area contributed by atoms with Gasteiger partial charge in [-0.1, -0.05) is 11.6 Å². The second-order valence-electron chi connectivity index (χ2n) is 4.37. The Labute approximate surface area is 123 Å². The normalized spacial score (nSPS) is 11.7. The summed E-state index contributed by atoms with van der Waals surface area (Å²) in [4.78, 5) is 4.20. The van der Waals surface area contributed by atoms with E-state index in [4.69, 9.17) is 11.6 Å². The van der Waals surface area contributed by atoms with Gasteiger partial charge in [0.25, 0.3) is 0 Å². The van der Waals surface area contributed by atoms with Crippen molar-refractivity contribution in [2.24, 2.45) is 0 Å². The summed E-state index contributed by atoms with van der Waals surface area (Å²) in [5, 5.41) is 4.19. The summed E-state index contributed by atoms with van der Waals surface area (Å²) in [7, 11) is -1.60. The van der Waals surface area contributed by atoms with E-state index in [0.29, 0.717) is 29.2 Å². The van der Waals surface area contributed by atoms with Crippen molar-refractivity contribution in [3.8, 4) is 0 Å². The highest BCUT2D eigenvalue weighted by Crippen LogP contribution is 2.28. The molecule has 5 nitrogen and oxygen atoms in total. The van der Waals surface area contributed by atoms with E-state index in [1.54, 1.807) is 31.4 Å². The molecule has 0 saturated carbocycles. The monoisotopic (exact) mass is 313 g/mol. The van der Waals surface area contributed by atoms with Gasteiger partial charge >= 0.3 is 0 Å². The minimum Gasteiger partial charge on any atom is -0.320 e. The van der Waals surface area contributed by atoms with E-state index in [1.165, 1.54) is 0 Å². The fourth-order valence-corrected chi connectivity index (χ4v) is 3.22. The molecule has 0 fully saturated rings. The van der Waals surface area contributed by atoms with Gasteiger partial charge in [0.15, 0.2) is 0 Å². The SMILES string of the molecule is CNCCCS(=O)(=O)Nc1ccc(Cl)c2cccnc12. The lowest BCUT2D eigenvalue weighted by molar-refractivity contribution is 0.597. The van der Waals surface area contributed by atoms with E-state index < -0.39 is 10.0 Å². The van der Waals surface area contributed by atoms with Crippen molar-refractivity contribution in [3.05, 3.63) is 35.5 Å². The van der Waals surface area contributed by atoms with Crippen molar-refractivity contribution in [3.63, 3.8) is 0 Å². The molecule has 0 spiro atoms. The molecule has 108 valence electrons. The molecule has 2 N–H and O–H groups in total. The van der Waals surface area contributed by atoms with Crippen LogP contribution >= 0.6 is 11.6 Å². The molecule has 7 heteroatoms. The molecule has 2 aromatic rings. The van der Waals surface area contributed by atoms with Crippen molar-refractivity contribution < 1.29 is 8.42 Å². The molecule has 2 rings (SSSR count). The van der Waals surface area contributed by atoms with Crippen LogP contribution in [-0.4, -0.2) is 32.7 Å². The fourth-order valence-electron chi connectivity index (χ4n) is 1.88. The molecule has 1 heterocycles. The van der Waals surface area contributed by atoms with Crippen LogP contribution in [0.4, 0.5) is 5.69 Å². The molecule has 0 aliphatic rings. The molecule has 1 aromatic heterocycles. The molecule has 20 heavy (non-hydrogen) atoms. The molecule has 0 saturated heterocycles. The number of benzene rings is 1. The Morgan fingerprint density at radius 3 is 2.85 bits per heavy atom. The highest BCUT2D eigenvalue weighted by atomic mass is 35.5. The average Bonchev–Trinajstić information content (AvgIpc) is 2.42. The van der Waals surface area contributed by atoms with E-state index in [2.05, 4.69) is 15.0 Å². The maximum Gasteiger partial charge on any atom is 0.232 e. The minimum absolute atomic E-state index is 0.0603. The smallest absolute Gasteiger partial charge is 0.232 e. The summed E-state index contributed by atoms with van der Waals surface area (Å²) in [5.41, 5.74) is 1.01. The van der Waals surface area contributed by atoms with Crippen molar-refractivity contribution in [1.82, 2.24) is 10.3 Å². The molecule has 0 unspecified atom stereocenters. The van der Waals surface area contributed by atoms with Crippen LogP contribution in [0.3, 0.4) is 0 Å². The largest absolute Gasteiger partial charge is 0.320 e. The first kappa shape index (κ1) is 15.0. The number of pyridine rings is 1. The summed E-state index contributed by atoms with van der Waals surface area (Å²) in [6.45, 7) is 0.653. The lowest BCUT2D eigenvalue weighted by Gasteiger charge is -2.10. The van der Waals surface area contributed by atoms with Crippen LogP contribution in [0.1, 0.15) is 6.42 Å². The second-order valence-corrected chi connectivity index (χ2v) is 6.62. The first-order valence-corrected chi connectivity index (χ1v) is 8.25. The maximum atomic E-state index is 12.0. The first-order chi connectivity index (χ1) is 9.53. The molecule has 0 bridgehead atoms. The third-order valence-electron chi connectivity index (χ3n) is 2.82. The Morgan fingerprint density at radius 1 is 1.30 bits per heavy atom. The van der Waals surface area contributed by atoms with Crippen molar-refractivity contribution in [1.29, 1.82) is 0 Å². The van der Waals surface area contributed by atoms with Crippen molar-refractivity contribution in [2.45, 2.75) is 6.42 Å². The number of nitrogens with zero attached hydrogens (tertiary/aromatic N) is 1. The van der Waals surface area contributed by atoms with Crippen LogP contribution in [0, 0.1) is 0 Å². The van der Waals surface area contributed by atoms with Gasteiger partial charge in [0.05, 0.1) is 22.0 Å². The Kier molecular flexibility index (Phi) is 4.80. The van der Waals surface area contributed by atoms with Gasteiger partial charge in [0.2, 0.25) is 10.0 Å². The van der Waals surface area contributed by atoms with E-state index in [9.17, 15) is 8.42 Å². The van der Waals surface area contributed by atoms with Gasteiger partial charge in [0.1, 0.15) is 0 Å². The molecular weight excluding hydrogens is 298 g/mol. The van der Waals surface area contributed by atoms with Crippen molar-refractivity contribution in [2.75, 3.05) is 24.1 Å². The zero-order valence-corrected chi connectivity index (χ0v) is 12.6. The number of hydrogen-bond acceptors (Lipinski definition) is 4. The molecule has 1 aromatic carbocycles. The predicted molar refractivity (Wildman–Crippen MR) is 82.7 cm³/mol. The Balaban J connectivity index is 2.28. The van der Waals surface area contributed by atoms with Gasteiger partial charge in [-0.3, -0.25) is 9.71 Å². The van der Waals surface area contributed by atoms with Gasteiger partial charge < -0.3 is 5.32 Å². The van der Waals surface area contributed by atoms with Gasteiger partial charge in [-0.2, -0.15) is 0 Å². The van der Waals surface area contributed by atoms with Gasteiger partial charge in [0, 0.05) is 11.6 Å². The summed E-state index contributed by atoms with van der Waals surface area (Å²) in [6, 6.07) is 6.87. The molecule has 0 aliphatic carbocycles. The summed E-state index contributed by atoms with van der Waals surface area (Å²) in [5.74, 6) is 0.0603. The Morgan fingerprint density at radius 2 is 2.10 bits per heavy atom. The maximum absolute atomic E-state index is 12.0. The number of nitrogens with one attached hydrogen (secondary N) is 2. The number of hydrogen-bond donors (Lipinski definition) is 2. The topological polar surface area (TPSA) is 71.1 Å². The third kappa shape index (κ3) is 3.59. The van der Waals surface area contributed by atoms with Gasteiger partial charge in [-0.15, -0.1) is 0 Å². The number of fused-ring (bicyclic) bond motifs is 1. The lowest BCUT2D eigenvalue weighted by Crippen LogP contribution is -2.20. The van der Waals surface area contributed by atoms with Crippen LogP contribution in [0.2, 0.25) is 5.02 Å². The molecule has 0 aliphatic heterocycles.